The normalized spacial score (nSPS) is 9.94. The quantitative estimate of drug-likeness (QED) is 0.759. The van der Waals surface area contributed by atoms with Gasteiger partial charge in [0.2, 0.25) is 0 Å². The molecule has 0 bridgehead atoms. The SMILES string of the molecule is N#CCc1nnnn1CCc1ccccc1. The molecule has 5 nitrogen and oxygen atoms in total. The summed E-state index contributed by atoms with van der Waals surface area (Å²) in [7, 11) is 0. The molecule has 5 heteroatoms. The van der Waals surface area contributed by atoms with Crippen molar-refractivity contribution in [1.29, 1.82) is 5.26 Å². The van der Waals surface area contributed by atoms with Crippen molar-refractivity contribution in [3.63, 3.8) is 0 Å². The fraction of sp³-hybridized carbons (Fsp3) is 0.273. The highest BCUT2D eigenvalue weighted by Gasteiger charge is 2.04. The summed E-state index contributed by atoms with van der Waals surface area (Å²) in [5, 5.41) is 19.8. The first-order valence-electron chi connectivity index (χ1n) is 5.06. The maximum absolute atomic E-state index is 8.59. The highest BCUT2D eigenvalue weighted by molar-refractivity contribution is 5.14. The van der Waals surface area contributed by atoms with Crippen LogP contribution in [0.1, 0.15) is 11.4 Å². The average Bonchev–Trinajstić information content (AvgIpc) is 2.76. The Morgan fingerprint density at radius 2 is 2.06 bits per heavy atom. The third-order valence-electron chi connectivity index (χ3n) is 2.30. The molecule has 0 N–H and O–H groups in total. The van der Waals surface area contributed by atoms with Gasteiger partial charge in [0.15, 0.2) is 5.82 Å². The number of nitrogens with zero attached hydrogens (tertiary/aromatic N) is 5. The molecule has 0 radical (unpaired) electrons. The summed E-state index contributed by atoms with van der Waals surface area (Å²) < 4.78 is 1.68. The highest BCUT2D eigenvalue weighted by Crippen LogP contribution is 2.02. The lowest BCUT2D eigenvalue weighted by Gasteiger charge is -2.02. The van der Waals surface area contributed by atoms with Crippen molar-refractivity contribution in [1.82, 2.24) is 20.2 Å². The number of hydrogen-bond acceptors (Lipinski definition) is 4. The molecule has 0 aliphatic carbocycles. The van der Waals surface area contributed by atoms with E-state index >= 15 is 0 Å². The predicted molar refractivity (Wildman–Crippen MR) is 57.3 cm³/mol. The molecule has 80 valence electrons. The Morgan fingerprint density at radius 3 is 2.81 bits per heavy atom. The molecule has 0 fully saturated rings. The maximum Gasteiger partial charge on any atom is 0.165 e. The van der Waals surface area contributed by atoms with Crippen LogP contribution in [0.15, 0.2) is 30.3 Å². The van der Waals surface area contributed by atoms with E-state index in [1.807, 2.05) is 24.3 Å². The van der Waals surface area contributed by atoms with E-state index in [1.54, 1.807) is 4.68 Å². The lowest BCUT2D eigenvalue weighted by Crippen LogP contribution is -2.07. The van der Waals surface area contributed by atoms with Crippen LogP contribution in [0, 0.1) is 11.3 Å². The fourth-order valence-corrected chi connectivity index (χ4v) is 1.47. The molecule has 0 aliphatic rings. The molecule has 0 atom stereocenters. The van der Waals surface area contributed by atoms with Crippen molar-refractivity contribution in [2.75, 3.05) is 0 Å². The van der Waals surface area contributed by atoms with Crippen molar-refractivity contribution in [3.05, 3.63) is 41.7 Å². The summed E-state index contributed by atoms with van der Waals surface area (Å²) >= 11 is 0. The summed E-state index contributed by atoms with van der Waals surface area (Å²) in [6.45, 7) is 0.702. The van der Waals surface area contributed by atoms with Gasteiger partial charge >= 0.3 is 0 Å². The van der Waals surface area contributed by atoms with E-state index in [0.29, 0.717) is 12.4 Å². The van der Waals surface area contributed by atoms with Crippen molar-refractivity contribution in [2.45, 2.75) is 19.4 Å². The standard InChI is InChI=1S/C11H11N5/c12-8-6-11-13-14-15-16(11)9-7-10-4-2-1-3-5-10/h1-5H,6-7,9H2. The lowest BCUT2D eigenvalue weighted by atomic mass is 10.1. The van der Waals surface area contributed by atoms with Crippen LogP contribution >= 0.6 is 0 Å². The number of tetrazole rings is 1. The molecule has 0 amide bonds. The van der Waals surface area contributed by atoms with Crippen LogP contribution in [0.25, 0.3) is 0 Å². The maximum atomic E-state index is 8.59. The van der Waals surface area contributed by atoms with Crippen molar-refractivity contribution >= 4 is 0 Å². The average molecular weight is 213 g/mol. The van der Waals surface area contributed by atoms with Crippen LogP contribution in [0.4, 0.5) is 0 Å². The minimum Gasteiger partial charge on any atom is -0.228 e. The molecule has 0 saturated heterocycles. The Morgan fingerprint density at radius 1 is 1.25 bits per heavy atom. The van der Waals surface area contributed by atoms with Gasteiger partial charge in [-0.15, -0.1) is 5.10 Å². The van der Waals surface area contributed by atoms with Gasteiger partial charge in [-0.25, -0.2) is 4.68 Å². The summed E-state index contributed by atoms with van der Waals surface area (Å²) in [5.41, 5.74) is 1.24. The highest BCUT2D eigenvalue weighted by atomic mass is 15.5. The summed E-state index contributed by atoms with van der Waals surface area (Å²) in [6.07, 6.45) is 1.12. The molecular formula is C11H11N5. The summed E-state index contributed by atoms with van der Waals surface area (Å²) in [6, 6.07) is 12.2. The van der Waals surface area contributed by atoms with Crippen LogP contribution in [0.5, 0.6) is 0 Å². The Kier molecular flexibility index (Phi) is 3.24. The zero-order valence-electron chi connectivity index (χ0n) is 8.74. The fourth-order valence-electron chi connectivity index (χ4n) is 1.47. The topological polar surface area (TPSA) is 67.4 Å². The van der Waals surface area contributed by atoms with E-state index in [0.717, 1.165) is 6.42 Å². The first kappa shape index (κ1) is 10.3. The third kappa shape index (κ3) is 2.42. The van der Waals surface area contributed by atoms with Crippen LogP contribution in [0.2, 0.25) is 0 Å². The lowest BCUT2D eigenvalue weighted by molar-refractivity contribution is 0.571. The Bertz CT molecular complexity index is 483. The molecule has 0 aliphatic heterocycles. The van der Waals surface area contributed by atoms with Crippen molar-refractivity contribution < 1.29 is 0 Å². The zero-order valence-corrected chi connectivity index (χ0v) is 8.74. The van der Waals surface area contributed by atoms with E-state index in [1.165, 1.54) is 5.56 Å². The van der Waals surface area contributed by atoms with Crippen molar-refractivity contribution in [2.24, 2.45) is 0 Å². The van der Waals surface area contributed by atoms with Gasteiger partial charge in [-0.3, -0.25) is 0 Å². The van der Waals surface area contributed by atoms with E-state index in [2.05, 4.69) is 27.7 Å². The zero-order chi connectivity index (χ0) is 11.2. The van der Waals surface area contributed by atoms with E-state index < -0.39 is 0 Å². The van der Waals surface area contributed by atoms with Gasteiger partial charge < -0.3 is 0 Å². The number of rotatable bonds is 4. The summed E-state index contributed by atoms with van der Waals surface area (Å²) in [4.78, 5) is 0. The van der Waals surface area contributed by atoms with Crippen LogP contribution in [-0.2, 0) is 19.4 Å². The Labute approximate surface area is 93.3 Å². The number of aryl methyl sites for hydroxylation is 2. The molecule has 2 aromatic rings. The first-order chi connectivity index (χ1) is 7.90. The largest absolute Gasteiger partial charge is 0.228 e. The molecule has 2 rings (SSSR count). The molecule has 1 aromatic heterocycles. The Hall–Kier alpha value is -2.22. The minimum absolute atomic E-state index is 0.252. The third-order valence-corrected chi connectivity index (χ3v) is 2.30. The van der Waals surface area contributed by atoms with Crippen LogP contribution in [0.3, 0.4) is 0 Å². The number of nitriles is 1. The van der Waals surface area contributed by atoms with E-state index in [-0.39, 0.29) is 6.42 Å². The van der Waals surface area contributed by atoms with Crippen LogP contribution in [-0.4, -0.2) is 20.2 Å². The predicted octanol–water partition coefficient (Wildman–Crippen LogP) is 0.982. The summed E-state index contributed by atoms with van der Waals surface area (Å²) in [5.74, 6) is 0.624. The number of benzene rings is 1. The van der Waals surface area contributed by atoms with Crippen LogP contribution < -0.4 is 0 Å². The molecule has 0 unspecified atom stereocenters. The minimum atomic E-state index is 0.252. The van der Waals surface area contributed by atoms with E-state index in [9.17, 15) is 0 Å². The van der Waals surface area contributed by atoms with Gasteiger partial charge in [0.05, 0.1) is 12.5 Å². The van der Waals surface area contributed by atoms with Gasteiger partial charge in [-0.1, -0.05) is 30.3 Å². The smallest absolute Gasteiger partial charge is 0.165 e. The van der Waals surface area contributed by atoms with E-state index in [4.69, 9.17) is 5.26 Å². The molecule has 0 spiro atoms. The molecule has 16 heavy (non-hydrogen) atoms. The molecule has 0 saturated carbocycles. The number of aromatic nitrogens is 4. The van der Waals surface area contributed by atoms with Gasteiger partial charge in [0, 0.05) is 6.54 Å². The Balaban J connectivity index is 2.00. The number of hydrogen-bond donors (Lipinski definition) is 0. The van der Waals surface area contributed by atoms with Gasteiger partial charge in [-0.2, -0.15) is 5.26 Å². The molecule has 1 aromatic carbocycles. The van der Waals surface area contributed by atoms with Gasteiger partial charge in [0.1, 0.15) is 0 Å². The van der Waals surface area contributed by atoms with Crippen molar-refractivity contribution in [3.8, 4) is 6.07 Å². The second-order valence-corrected chi connectivity index (χ2v) is 3.39. The van der Waals surface area contributed by atoms with Gasteiger partial charge in [-0.05, 0) is 22.4 Å². The molecular weight excluding hydrogens is 202 g/mol. The monoisotopic (exact) mass is 213 g/mol. The van der Waals surface area contributed by atoms with Gasteiger partial charge in [0.25, 0.3) is 0 Å². The second kappa shape index (κ2) is 5.03. The first-order valence-corrected chi connectivity index (χ1v) is 5.06. The molecule has 1 heterocycles. The second-order valence-electron chi connectivity index (χ2n) is 3.39.